The fourth-order valence-electron chi connectivity index (χ4n) is 5.51. The van der Waals surface area contributed by atoms with Crippen LogP contribution in [0.15, 0.2) is 54.6 Å². The Hall–Kier alpha value is -3.15. The highest BCUT2D eigenvalue weighted by molar-refractivity contribution is 6.01. The van der Waals surface area contributed by atoms with E-state index in [4.69, 9.17) is 0 Å². The minimum atomic E-state index is -0.965. The Bertz CT molecular complexity index is 1180. The van der Waals surface area contributed by atoms with E-state index in [2.05, 4.69) is 29.4 Å². The summed E-state index contributed by atoms with van der Waals surface area (Å²) in [4.78, 5) is 33.9. The summed E-state index contributed by atoms with van der Waals surface area (Å²) in [6, 6.07) is 18.3. The molecule has 3 aromatic rings. The van der Waals surface area contributed by atoms with Gasteiger partial charge in [-0.15, -0.1) is 0 Å². The first-order chi connectivity index (χ1) is 16.5. The smallest absolute Gasteiger partial charge is 0.290 e. The summed E-state index contributed by atoms with van der Waals surface area (Å²) in [5, 5.41) is 3.31. The SMILES string of the molecule is CC1CCC(NC(=O)[C@]2(C)Cn3c(nc4ccccc43)C(=O)N2CCCc2ccccc2)CC1. The van der Waals surface area contributed by atoms with Crippen LogP contribution in [-0.2, 0) is 17.8 Å². The van der Waals surface area contributed by atoms with Gasteiger partial charge in [-0.05, 0) is 69.1 Å². The average Bonchev–Trinajstić information content (AvgIpc) is 3.22. The topological polar surface area (TPSA) is 67.2 Å². The maximum Gasteiger partial charge on any atom is 0.290 e. The van der Waals surface area contributed by atoms with E-state index in [1.807, 2.05) is 54.0 Å². The van der Waals surface area contributed by atoms with Gasteiger partial charge in [0.05, 0.1) is 17.6 Å². The lowest BCUT2D eigenvalue weighted by molar-refractivity contribution is -0.133. The number of carbonyl (C=O) groups is 2. The van der Waals surface area contributed by atoms with E-state index < -0.39 is 5.54 Å². The molecule has 1 saturated carbocycles. The Morgan fingerprint density at radius 2 is 1.76 bits per heavy atom. The quantitative estimate of drug-likeness (QED) is 0.588. The number of rotatable bonds is 6. The molecule has 0 unspecified atom stereocenters. The van der Waals surface area contributed by atoms with Crippen LogP contribution in [0.3, 0.4) is 0 Å². The van der Waals surface area contributed by atoms with Crippen molar-refractivity contribution in [3.63, 3.8) is 0 Å². The molecule has 5 rings (SSSR count). The molecule has 178 valence electrons. The second kappa shape index (κ2) is 9.24. The fourth-order valence-corrected chi connectivity index (χ4v) is 5.51. The predicted molar refractivity (Wildman–Crippen MR) is 134 cm³/mol. The zero-order chi connectivity index (χ0) is 23.7. The lowest BCUT2D eigenvalue weighted by Crippen LogP contribution is -2.65. The molecule has 2 heterocycles. The van der Waals surface area contributed by atoms with Crippen molar-refractivity contribution in [3.8, 4) is 0 Å². The summed E-state index contributed by atoms with van der Waals surface area (Å²) >= 11 is 0. The number of amides is 2. The number of aryl methyl sites for hydroxylation is 1. The molecule has 2 aromatic carbocycles. The van der Waals surface area contributed by atoms with Crippen LogP contribution in [0.5, 0.6) is 0 Å². The summed E-state index contributed by atoms with van der Waals surface area (Å²) in [7, 11) is 0. The molecular weight excluding hydrogens is 424 g/mol. The number of imidazole rings is 1. The summed E-state index contributed by atoms with van der Waals surface area (Å²) < 4.78 is 1.94. The van der Waals surface area contributed by atoms with E-state index in [1.165, 1.54) is 5.56 Å². The third-order valence-electron chi connectivity index (χ3n) is 7.68. The van der Waals surface area contributed by atoms with Gasteiger partial charge in [0.2, 0.25) is 5.91 Å². The largest absolute Gasteiger partial charge is 0.351 e. The zero-order valence-electron chi connectivity index (χ0n) is 20.2. The van der Waals surface area contributed by atoms with E-state index >= 15 is 0 Å². The number of nitrogens with one attached hydrogen (secondary N) is 1. The van der Waals surface area contributed by atoms with Gasteiger partial charge in [-0.25, -0.2) is 4.98 Å². The van der Waals surface area contributed by atoms with Crippen molar-refractivity contribution >= 4 is 22.8 Å². The number of aromatic nitrogens is 2. The Kier molecular flexibility index (Phi) is 6.15. The molecule has 1 N–H and O–H groups in total. The minimum Gasteiger partial charge on any atom is -0.351 e. The third-order valence-corrected chi connectivity index (χ3v) is 7.68. The number of hydrogen-bond acceptors (Lipinski definition) is 3. The normalized spacial score (nSPS) is 24.8. The van der Waals surface area contributed by atoms with Gasteiger partial charge in [0.15, 0.2) is 5.82 Å². The molecule has 0 bridgehead atoms. The van der Waals surface area contributed by atoms with E-state index in [0.29, 0.717) is 24.8 Å². The summed E-state index contributed by atoms with van der Waals surface area (Å²) in [6.45, 7) is 5.13. The van der Waals surface area contributed by atoms with E-state index in [9.17, 15) is 9.59 Å². The summed E-state index contributed by atoms with van der Waals surface area (Å²) in [5.41, 5.74) is 1.97. The Balaban J connectivity index is 1.42. The highest BCUT2D eigenvalue weighted by atomic mass is 16.2. The second-order valence-electron chi connectivity index (χ2n) is 10.3. The van der Waals surface area contributed by atoms with Crippen LogP contribution in [0.4, 0.5) is 0 Å². The first-order valence-electron chi connectivity index (χ1n) is 12.6. The van der Waals surface area contributed by atoms with Gasteiger partial charge in [-0.3, -0.25) is 9.59 Å². The van der Waals surface area contributed by atoms with Gasteiger partial charge >= 0.3 is 0 Å². The molecule has 1 atom stereocenters. The highest BCUT2D eigenvalue weighted by Crippen LogP contribution is 2.32. The number of para-hydroxylation sites is 2. The molecule has 0 saturated heterocycles. The van der Waals surface area contributed by atoms with Gasteiger partial charge in [-0.2, -0.15) is 0 Å². The van der Waals surface area contributed by atoms with Crippen molar-refractivity contribution in [2.24, 2.45) is 5.92 Å². The summed E-state index contributed by atoms with van der Waals surface area (Å²) in [5.74, 6) is 0.931. The van der Waals surface area contributed by atoms with Crippen molar-refractivity contribution < 1.29 is 9.59 Å². The van der Waals surface area contributed by atoms with Crippen LogP contribution >= 0.6 is 0 Å². The highest BCUT2D eigenvalue weighted by Gasteiger charge is 2.48. The lowest BCUT2D eigenvalue weighted by Gasteiger charge is -2.44. The van der Waals surface area contributed by atoms with Crippen LogP contribution < -0.4 is 5.32 Å². The van der Waals surface area contributed by atoms with Gasteiger partial charge in [0.1, 0.15) is 5.54 Å². The van der Waals surface area contributed by atoms with Crippen LogP contribution in [0.1, 0.15) is 62.1 Å². The fraction of sp³-hybridized carbons (Fsp3) is 0.464. The van der Waals surface area contributed by atoms with Crippen LogP contribution in [-0.4, -0.2) is 44.4 Å². The number of hydrogen-bond donors (Lipinski definition) is 1. The van der Waals surface area contributed by atoms with Crippen molar-refractivity contribution in [2.45, 2.75) is 70.5 Å². The van der Waals surface area contributed by atoms with Crippen molar-refractivity contribution in [2.75, 3.05) is 6.54 Å². The van der Waals surface area contributed by atoms with E-state index in [0.717, 1.165) is 49.6 Å². The number of benzene rings is 2. The van der Waals surface area contributed by atoms with Gasteiger partial charge in [0, 0.05) is 12.6 Å². The van der Waals surface area contributed by atoms with Crippen LogP contribution in [0.2, 0.25) is 0 Å². The Morgan fingerprint density at radius 3 is 2.53 bits per heavy atom. The molecule has 0 spiro atoms. The zero-order valence-corrected chi connectivity index (χ0v) is 20.2. The number of nitrogens with zero attached hydrogens (tertiary/aromatic N) is 3. The molecular formula is C28H34N4O2. The number of fused-ring (bicyclic) bond motifs is 3. The summed E-state index contributed by atoms with van der Waals surface area (Å²) in [6.07, 6.45) is 5.93. The molecule has 6 heteroatoms. The Morgan fingerprint density at radius 1 is 1.06 bits per heavy atom. The molecule has 6 nitrogen and oxygen atoms in total. The van der Waals surface area contributed by atoms with Crippen molar-refractivity contribution in [1.29, 1.82) is 0 Å². The van der Waals surface area contributed by atoms with Gasteiger partial charge in [-0.1, -0.05) is 49.4 Å². The molecule has 34 heavy (non-hydrogen) atoms. The van der Waals surface area contributed by atoms with Gasteiger partial charge in [0.25, 0.3) is 5.91 Å². The third kappa shape index (κ3) is 4.22. The molecule has 1 aliphatic heterocycles. The van der Waals surface area contributed by atoms with E-state index in [-0.39, 0.29) is 17.9 Å². The molecule has 2 amide bonds. The van der Waals surface area contributed by atoms with Crippen LogP contribution in [0, 0.1) is 5.92 Å². The molecule has 1 aliphatic carbocycles. The van der Waals surface area contributed by atoms with E-state index in [1.54, 1.807) is 4.90 Å². The minimum absolute atomic E-state index is 0.0523. The maximum atomic E-state index is 13.8. The average molecular weight is 459 g/mol. The van der Waals surface area contributed by atoms with Gasteiger partial charge < -0.3 is 14.8 Å². The first kappa shape index (κ1) is 22.6. The molecule has 0 radical (unpaired) electrons. The van der Waals surface area contributed by atoms with Crippen LogP contribution in [0.25, 0.3) is 11.0 Å². The molecule has 1 fully saturated rings. The molecule has 2 aliphatic rings. The number of carbonyl (C=O) groups excluding carboxylic acids is 2. The Labute approximate surface area is 201 Å². The molecule has 1 aromatic heterocycles. The predicted octanol–water partition coefficient (Wildman–Crippen LogP) is 4.58. The van der Waals surface area contributed by atoms with Crippen molar-refractivity contribution in [3.05, 3.63) is 66.0 Å². The first-order valence-corrected chi connectivity index (χ1v) is 12.6. The maximum absolute atomic E-state index is 13.8. The van der Waals surface area contributed by atoms with Crippen molar-refractivity contribution in [1.82, 2.24) is 19.8 Å². The monoisotopic (exact) mass is 458 g/mol. The standard InChI is InChI=1S/C28H34N4O2/c1-20-14-16-22(17-15-20)29-27(34)28(2)19-31-24-13-7-6-12-23(24)30-25(31)26(33)32(28)18-8-11-21-9-4-3-5-10-21/h3-7,9-10,12-13,20,22H,8,11,14-19H2,1-2H3,(H,29,34)/t20?,22?,28-/m0/s1. The lowest BCUT2D eigenvalue weighted by atomic mass is 9.86. The second-order valence-corrected chi connectivity index (χ2v) is 10.3.